The van der Waals surface area contributed by atoms with Crippen LogP contribution in [0.2, 0.25) is 5.02 Å². The van der Waals surface area contributed by atoms with Gasteiger partial charge in [-0.2, -0.15) is 0 Å². The van der Waals surface area contributed by atoms with Gasteiger partial charge in [0.15, 0.2) is 0 Å². The zero-order valence-electron chi connectivity index (χ0n) is 9.93. The number of amides is 1. The predicted molar refractivity (Wildman–Crippen MR) is 67.9 cm³/mol. The van der Waals surface area contributed by atoms with Crippen LogP contribution in [0.5, 0.6) is 5.75 Å². The van der Waals surface area contributed by atoms with Crippen molar-refractivity contribution in [3.63, 3.8) is 0 Å². The van der Waals surface area contributed by atoms with Crippen molar-refractivity contribution >= 4 is 17.5 Å². The number of benzene rings is 1. The number of carbonyl (C=O) groups excluding carboxylic acids is 1. The lowest BCUT2D eigenvalue weighted by Crippen LogP contribution is -2.44. The monoisotopic (exact) mass is 270 g/mol. The Morgan fingerprint density at radius 3 is 2.83 bits per heavy atom. The van der Waals surface area contributed by atoms with Crippen molar-refractivity contribution < 1.29 is 15.0 Å². The van der Waals surface area contributed by atoms with E-state index in [4.69, 9.17) is 11.6 Å². The highest BCUT2D eigenvalue weighted by molar-refractivity contribution is 6.33. The third-order valence-electron chi connectivity index (χ3n) is 3.15. The lowest BCUT2D eigenvalue weighted by molar-refractivity contribution is 0.0581. The van der Waals surface area contributed by atoms with Crippen LogP contribution in [0.3, 0.4) is 0 Å². The Kier molecular flexibility index (Phi) is 3.75. The van der Waals surface area contributed by atoms with Gasteiger partial charge < -0.3 is 20.4 Å². The molecule has 1 aromatic carbocycles. The standard InChI is InChI=1S/C12H15ClN2O3/c1-15(10-5-14-6-11(10)17)12(18)8-4-7(16)2-3-9(8)13/h2-4,10-11,14,16-17H,5-6H2,1H3/t10-,11-/m0/s1. The first-order valence-corrected chi connectivity index (χ1v) is 6.03. The van der Waals surface area contributed by atoms with E-state index >= 15 is 0 Å². The lowest BCUT2D eigenvalue weighted by Gasteiger charge is -2.26. The number of hydrogen-bond donors (Lipinski definition) is 3. The first-order valence-electron chi connectivity index (χ1n) is 5.65. The number of rotatable bonds is 2. The van der Waals surface area contributed by atoms with Crippen molar-refractivity contribution in [2.24, 2.45) is 0 Å². The molecule has 0 bridgehead atoms. The van der Waals surface area contributed by atoms with Gasteiger partial charge in [-0.3, -0.25) is 4.79 Å². The topological polar surface area (TPSA) is 72.8 Å². The first kappa shape index (κ1) is 13.1. The Bertz CT molecular complexity index is 467. The smallest absolute Gasteiger partial charge is 0.255 e. The number of nitrogens with zero attached hydrogens (tertiary/aromatic N) is 1. The molecule has 1 aromatic rings. The molecule has 2 atom stereocenters. The minimum atomic E-state index is -0.588. The summed E-state index contributed by atoms with van der Waals surface area (Å²) < 4.78 is 0. The van der Waals surface area contributed by atoms with Gasteiger partial charge in [-0.05, 0) is 18.2 Å². The van der Waals surface area contributed by atoms with Crippen LogP contribution in [0.25, 0.3) is 0 Å². The summed E-state index contributed by atoms with van der Waals surface area (Å²) in [6, 6.07) is 3.94. The summed E-state index contributed by atoms with van der Waals surface area (Å²) in [5.74, 6) is -0.329. The molecule has 0 aliphatic carbocycles. The van der Waals surface area contributed by atoms with Gasteiger partial charge in [0, 0.05) is 20.1 Å². The largest absolute Gasteiger partial charge is 0.508 e. The van der Waals surface area contributed by atoms with Crippen LogP contribution in [-0.4, -0.2) is 53.3 Å². The summed E-state index contributed by atoms with van der Waals surface area (Å²) >= 11 is 5.94. The molecular formula is C12H15ClN2O3. The van der Waals surface area contributed by atoms with Crippen molar-refractivity contribution in [2.75, 3.05) is 20.1 Å². The Balaban J connectivity index is 2.22. The molecule has 1 saturated heterocycles. The Labute approximate surface area is 110 Å². The molecule has 0 unspecified atom stereocenters. The molecule has 1 aliphatic rings. The summed E-state index contributed by atoms with van der Waals surface area (Å²) in [6.45, 7) is 1.01. The van der Waals surface area contributed by atoms with Crippen LogP contribution >= 0.6 is 11.6 Å². The van der Waals surface area contributed by atoms with E-state index in [-0.39, 0.29) is 28.3 Å². The molecule has 3 N–H and O–H groups in total. The Morgan fingerprint density at radius 2 is 2.22 bits per heavy atom. The van der Waals surface area contributed by atoms with Crippen molar-refractivity contribution in [3.05, 3.63) is 28.8 Å². The van der Waals surface area contributed by atoms with Gasteiger partial charge in [0.25, 0.3) is 5.91 Å². The molecule has 1 fully saturated rings. The molecule has 1 amide bonds. The highest BCUT2D eigenvalue weighted by Crippen LogP contribution is 2.23. The normalized spacial score (nSPS) is 23.1. The quantitative estimate of drug-likeness (QED) is 0.730. The predicted octanol–water partition coefficient (Wildman–Crippen LogP) is 0.450. The van der Waals surface area contributed by atoms with Gasteiger partial charge >= 0.3 is 0 Å². The maximum atomic E-state index is 12.2. The Hall–Kier alpha value is -1.30. The van der Waals surface area contributed by atoms with Gasteiger partial charge in [0.05, 0.1) is 22.7 Å². The molecule has 0 aromatic heterocycles. The van der Waals surface area contributed by atoms with E-state index in [1.165, 1.54) is 23.1 Å². The van der Waals surface area contributed by atoms with E-state index in [1.54, 1.807) is 7.05 Å². The average Bonchev–Trinajstić information content (AvgIpc) is 2.77. The van der Waals surface area contributed by atoms with E-state index < -0.39 is 6.10 Å². The van der Waals surface area contributed by atoms with Crippen molar-refractivity contribution in [1.29, 1.82) is 0 Å². The molecule has 1 aliphatic heterocycles. The fraction of sp³-hybridized carbons (Fsp3) is 0.417. The van der Waals surface area contributed by atoms with E-state index in [2.05, 4.69) is 5.32 Å². The third kappa shape index (κ3) is 2.43. The zero-order chi connectivity index (χ0) is 13.3. The molecule has 98 valence electrons. The van der Waals surface area contributed by atoms with E-state index in [0.29, 0.717) is 13.1 Å². The van der Waals surface area contributed by atoms with Crippen LogP contribution in [0.15, 0.2) is 18.2 Å². The number of hydrogen-bond acceptors (Lipinski definition) is 4. The number of aliphatic hydroxyl groups is 1. The number of phenolic OH excluding ortho intramolecular Hbond substituents is 1. The molecule has 0 saturated carbocycles. The molecule has 6 heteroatoms. The van der Waals surface area contributed by atoms with Gasteiger partial charge in [-0.15, -0.1) is 0 Å². The number of β-amino-alcohol motifs (C(OH)–C–C–N with tert-alkyl or cyclic N) is 1. The molecular weight excluding hydrogens is 256 g/mol. The summed E-state index contributed by atoms with van der Waals surface area (Å²) in [7, 11) is 1.61. The molecule has 0 spiro atoms. The van der Waals surface area contributed by atoms with Crippen LogP contribution in [-0.2, 0) is 0 Å². The fourth-order valence-corrected chi connectivity index (χ4v) is 2.26. The van der Waals surface area contributed by atoms with Crippen LogP contribution in [0.4, 0.5) is 0 Å². The second-order valence-electron chi connectivity index (χ2n) is 4.37. The zero-order valence-corrected chi connectivity index (χ0v) is 10.7. The van der Waals surface area contributed by atoms with E-state index in [1.807, 2.05) is 0 Å². The fourth-order valence-electron chi connectivity index (χ4n) is 2.06. The highest BCUT2D eigenvalue weighted by Gasteiger charge is 2.32. The molecule has 0 radical (unpaired) electrons. The number of carbonyl (C=O) groups is 1. The van der Waals surface area contributed by atoms with Crippen LogP contribution in [0, 0.1) is 0 Å². The molecule has 18 heavy (non-hydrogen) atoms. The minimum absolute atomic E-state index is 0.0127. The summed E-state index contributed by atoms with van der Waals surface area (Å²) in [6.07, 6.45) is -0.588. The van der Waals surface area contributed by atoms with Crippen LogP contribution in [0.1, 0.15) is 10.4 Å². The van der Waals surface area contributed by atoms with Gasteiger partial charge in [-0.25, -0.2) is 0 Å². The Morgan fingerprint density at radius 1 is 1.50 bits per heavy atom. The van der Waals surface area contributed by atoms with Gasteiger partial charge in [0.2, 0.25) is 0 Å². The SMILES string of the molecule is CN(C(=O)c1cc(O)ccc1Cl)[C@H]1CNC[C@@H]1O. The maximum absolute atomic E-state index is 12.2. The molecule has 2 rings (SSSR count). The molecule has 1 heterocycles. The minimum Gasteiger partial charge on any atom is -0.508 e. The van der Waals surface area contributed by atoms with E-state index in [9.17, 15) is 15.0 Å². The lowest BCUT2D eigenvalue weighted by atomic mass is 10.1. The number of nitrogens with one attached hydrogen (secondary N) is 1. The average molecular weight is 271 g/mol. The van der Waals surface area contributed by atoms with Crippen molar-refractivity contribution in [1.82, 2.24) is 10.2 Å². The summed E-state index contributed by atoms with van der Waals surface area (Å²) in [5.41, 5.74) is 0.235. The van der Waals surface area contributed by atoms with Gasteiger partial charge in [-0.1, -0.05) is 11.6 Å². The summed E-state index contributed by atoms with van der Waals surface area (Å²) in [5, 5.41) is 22.4. The number of aromatic hydroxyl groups is 1. The number of halogens is 1. The van der Waals surface area contributed by atoms with Crippen LogP contribution < -0.4 is 5.32 Å². The molecule has 5 nitrogen and oxygen atoms in total. The van der Waals surface area contributed by atoms with Crippen molar-refractivity contribution in [3.8, 4) is 5.75 Å². The summed E-state index contributed by atoms with van der Waals surface area (Å²) in [4.78, 5) is 13.7. The first-order chi connectivity index (χ1) is 8.50. The van der Waals surface area contributed by atoms with E-state index in [0.717, 1.165) is 0 Å². The number of phenols is 1. The number of aliphatic hydroxyl groups excluding tert-OH is 1. The third-order valence-corrected chi connectivity index (χ3v) is 3.48. The van der Waals surface area contributed by atoms with Crippen molar-refractivity contribution in [2.45, 2.75) is 12.1 Å². The highest BCUT2D eigenvalue weighted by atomic mass is 35.5. The number of likely N-dealkylation sites (N-methyl/N-ethyl adjacent to an activating group) is 1. The second kappa shape index (κ2) is 5.14. The maximum Gasteiger partial charge on any atom is 0.255 e. The second-order valence-corrected chi connectivity index (χ2v) is 4.78. The van der Waals surface area contributed by atoms with Gasteiger partial charge in [0.1, 0.15) is 5.75 Å².